The van der Waals surface area contributed by atoms with Gasteiger partial charge in [-0.15, -0.1) is 0 Å². The van der Waals surface area contributed by atoms with Crippen molar-refractivity contribution in [3.05, 3.63) is 0 Å². The van der Waals surface area contributed by atoms with E-state index in [1.165, 1.54) is 12.8 Å². The number of ether oxygens (including phenoxy) is 1. The van der Waals surface area contributed by atoms with E-state index in [2.05, 4.69) is 12.2 Å². The summed E-state index contributed by atoms with van der Waals surface area (Å²) in [6.45, 7) is 4.14. The van der Waals surface area contributed by atoms with Crippen LogP contribution in [0.25, 0.3) is 0 Å². The monoisotopic (exact) mass is 143 g/mol. The molecular formula is C8H17NO. The van der Waals surface area contributed by atoms with Crippen LogP contribution in [-0.4, -0.2) is 26.3 Å². The Hall–Kier alpha value is -0.0800. The molecule has 1 N–H and O–H groups in total. The lowest BCUT2D eigenvalue weighted by Gasteiger charge is -2.34. The highest BCUT2D eigenvalue weighted by Crippen LogP contribution is 2.25. The lowest BCUT2D eigenvalue weighted by atomic mass is 9.81. The highest BCUT2D eigenvalue weighted by atomic mass is 16.5. The Morgan fingerprint density at radius 3 is 2.70 bits per heavy atom. The van der Waals surface area contributed by atoms with Crippen LogP contribution in [0, 0.1) is 5.92 Å². The fraction of sp³-hybridized carbons (Fsp3) is 1.00. The molecule has 0 spiro atoms. The summed E-state index contributed by atoms with van der Waals surface area (Å²) in [4.78, 5) is 0. The van der Waals surface area contributed by atoms with Gasteiger partial charge in [-0.3, -0.25) is 0 Å². The van der Waals surface area contributed by atoms with Crippen molar-refractivity contribution in [2.24, 2.45) is 5.92 Å². The molecule has 10 heavy (non-hydrogen) atoms. The van der Waals surface area contributed by atoms with Crippen molar-refractivity contribution in [1.82, 2.24) is 5.32 Å². The zero-order valence-corrected chi connectivity index (χ0v) is 6.89. The summed E-state index contributed by atoms with van der Waals surface area (Å²) in [5, 5.41) is 3.44. The molecule has 2 unspecified atom stereocenters. The van der Waals surface area contributed by atoms with Gasteiger partial charge >= 0.3 is 0 Å². The first kappa shape index (κ1) is 8.02. The van der Waals surface area contributed by atoms with Crippen molar-refractivity contribution in [1.29, 1.82) is 0 Å². The molecule has 60 valence electrons. The van der Waals surface area contributed by atoms with Gasteiger partial charge in [-0.1, -0.05) is 6.92 Å². The summed E-state index contributed by atoms with van der Waals surface area (Å²) < 4.78 is 4.93. The van der Waals surface area contributed by atoms with Gasteiger partial charge in [-0.2, -0.15) is 0 Å². The minimum absolute atomic E-state index is 0.773. The fourth-order valence-corrected chi connectivity index (χ4v) is 1.32. The van der Waals surface area contributed by atoms with Gasteiger partial charge in [0.25, 0.3) is 0 Å². The van der Waals surface area contributed by atoms with Crippen molar-refractivity contribution in [3.8, 4) is 0 Å². The summed E-state index contributed by atoms with van der Waals surface area (Å²) in [7, 11) is 1.74. The van der Waals surface area contributed by atoms with Crippen LogP contribution >= 0.6 is 0 Å². The topological polar surface area (TPSA) is 21.3 Å². The molecule has 0 amide bonds. The molecule has 0 aromatic heterocycles. The third kappa shape index (κ3) is 1.96. The smallest absolute Gasteiger partial charge is 0.0587 e. The molecule has 0 aromatic carbocycles. The number of rotatable bonds is 4. The van der Waals surface area contributed by atoms with Crippen LogP contribution in [0.4, 0.5) is 0 Å². The highest BCUT2D eigenvalue weighted by molar-refractivity contribution is 4.83. The molecule has 2 atom stereocenters. The molecular weight excluding hydrogens is 126 g/mol. The zero-order chi connectivity index (χ0) is 7.40. The maximum atomic E-state index is 4.93. The second-order valence-electron chi connectivity index (χ2n) is 3.11. The molecule has 0 saturated heterocycles. The normalized spacial score (nSPS) is 31.8. The van der Waals surface area contributed by atoms with Crippen LogP contribution in [0.3, 0.4) is 0 Å². The van der Waals surface area contributed by atoms with Crippen molar-refractivity contribution < 1.29 is 4.74 Å². The van der Waals surface area contributed by atoms with E-state index in [-0.39, 0.29) is 0 Å². The van der Waals surface area contributed by atoms with Gasteiger partial charge in [0.1, 0.15) is 0 Å². The second kappa shape index (κ2) is 3.94. The average molecular weight is 143 g/mol. The summed E-state index contributed by atoms with van der Waals surface area (Å²) in [5.74, 6) is 0.886. The lowest BCUT2D eigenvalue weighted by Crippen LogP contribution is -2.43. The van der Waals surface area contributed by atoms with E-state index in [1.54, 1.807) is 7.11 Å². The summed E-state index contributed by atoms with van der Waals surface area (Å²) in [6, 6.07) is 0.773. The Balaban J connectivity index is 1.92. The number of nitrogens with one attached hydrogen (secondary N) is 1. The van der Waals surface area contributed by atoms with Gasteiger partial charge < -0.3 is 10.1 Å². The first-order valence-corrected chi connectivity index (χ1v) is 4.07. The molecule has 0 bridgehead atoms. The Bertz CT molecular complexity index is 95.3. The maximum Gasteiger partial charge on any atom is 0.0587 e. The Kier molecular flexibility index (Phi) is 3.16. The van der Waals surface area contributed by atoms with Gasteiger partial charge in [0.2, 0.25) is 0 Å². The number of hydrogen-bond acceptors (Lipinski definition) is 2. The largest absolute Gasteiger partial charge is 0.383 e. The predicted molar refractivity (Wildman–Crippen MR) is 42.1 cm³/mol. The van der Waals surface area contributed by atoms with Gasteiger partial charge in [0.05, 0.1) is 6.61 Å². The van der Waals surface area contributed by atoms with E-state index in [9.17, 15) is 0 Å². The van der Waals surface area contributed by atoms with E-state index >= 15 is 0 Å². The molecule has 1 aliphatic rings. The molecule has 2 nitrogen and oxygen atoms in total. The van der Waals surface area contributed by atoms with Gasteiger partial charge in [0, 0.05) is 19.7 Å². The predicted octanol–water partition coefficient (Wildman–Crippen LogP) is 1.02. The van der Waals surface area contributed by atoms with Gasteiger partial charge in [0.15, 0.2) is 0 Å². The van der Waals surface area contributed by atoms with Crippen molar-refractivity contribution in [2.75, 3.05) is 20.3 Å². The first-order valence-electron chi connectivity index (χ1n) is 4.07. The van der Waals surface area contributed by atoms with Crippen LogP contribution in [0.2, 0.25) is 0 Å². The third-order valence-electron chi connectivity index (χ3n) is 2.33. The van der Waals surface area contributed by atoms with Crippen LogP contribution in [-0.2, 0) is 4.74 Å². The Labute approximate surface area is 63.0 Å². The third-order valence-corrected chi connectivity index (χ3v) is 2.33. The minimum Gasteiger partial charge on any atom is -0.383 e. The van der Waals surface area contributed by atoms with Crippen LogP contribution in [0.5, 0.6) is 0 Å². The van der Waals surface area contributed by atoms with E-state index in [0.717, 1.165) is 25.1 Å². The number of methoxy groups -OCH3 is 1. The summed E-state index contributed by atoms with van der Waals surface area (Å²) in [6.07, 6.45) is 2.75. The SMILES string of the molecule is COCCNC1CCC1C. The fourth-order valence-electron chi connectivity index (χ4n) is 1.32. The van der Waals surface area contributed by atoms with E-state index < -0.39 is 0 Å². The highest BCUT2D eigenvalue weighted by Gasteiger charge is 2.25. The van der Waals surface area contributed by atoms with Gasteiger partial charge in [-0.25, -0.2) is 0 Å². The minimum atomic E-state index is 0.773. The van der Waals surface area contributed by atoms with Crippen molar-refractivity contribution in [3.63, 3.8) is 0 Å². The molecule has 1 saturated carbocycles. The molecule has 2 heteroatoms. The molecule has 1 fully saturated rings. The van der Waals surface area contributed by atoms with Crippen molar-refractivity contribution >= 4 is 0 Å². The zero-order valence-electron chi connectivity index (χ0n) is 6.89. The molecule has 1 aliphatic carbocycles. The molecule has 0 radical (unpaired) electrons. The molecule has 1 rings (SSSR count). The van der Waals surface area contributed by atoms with E-state index in [0.29, 0.717) is 0 Å². The standard InChI is InChI=1S/C8H17NO/c1-7-3-4-8(7)9-5-6-10-2/h7-9H,3-6H2,1-2H3. The Morgan fingerprint density at radius 2 is 2.30 bits per heavy atom. The van der Waals surface area contributed by atoms with E-state index in [4.69, 9.17) is 4.74 Å². The molecule has 0 aliphatic heterocycles. The van der Waals surface area contributed by atoms with Gasteiger partial charge in [-0.05, 0) is 18.8 Å². The molecule has 0 heterocycles. The first-order chi connectivity index (χ1) is 4.84. The number of hydrogen-bond donors (Lipinski definition) is 1. The maximum absolute atomic E-state index is 4.93. The summed E-state index contributed by atoms with van der Waals surface area (Å²) in [5.41, 5.74) is 0. The van der Waals surface area contributed by atoms with Crippen LogP contribution in [0.15, 0.2) is 0 Å². The van der Waals surface area contributed by atoms with Crippen LogP contribution in [0.1, 0.15) is 19.8 Å². The molecule has 0 aromatic rings. The summed E-state index contributed by atoms with van der Waals surface area (Å²) >= 11 is 0. The second-order valence-corrected chi connectivity index (χ2v) is 3.11. The van der Waals surface area contributed by atoms with E-state index in [1.807, 2.05) is 0 Å². The Morgan fingerprint density at radius 1 is 1.50 bits per heavy atom. The quantitative estimate of drug-likeness (QED) is 0.593. The lowest BCUT2D eigenvalue weighted by molar-refractivity contribution is 0.170. The average Bonchev–Trinajstić information content (AvgIpc) is 1.95. The van der Waals surface area contributed by atoms with Crippen molar-refractivity contribution in [2.45, 2.75) is 25.8 Å². The van der Waals surface area contributed by atoms with Crippen LogP contribution < -0.4 is 5.32 Å².